The van der Waals surface area contributed by atoms with Gasteiger partial charge in [-0.1, -0.05) is 9.69 Å². The minimum atomic E-state index is -4.80. The van der Waals surface area contributed by atoms with Gasteiger partial charge in [0.05, 0.1) is 11.6 Å². The zero-order valence-electron chi connectivity index (χ0n) is 8.47. The van der Waals surface area contributed by atoms with Crippen molar-refractivity contribution in [1.82, 2.24) is 0 Å². The molecule has 0 aromatic carbocycles. The monoisotopic (exact) mass is 261 g/mol. The van der Waals surface area contributed by atoms with Crippen molar-refractivity contribution in [3.8, 4) is 0 Å². The van der Waals surface area contributed by atoms with E-state index in [1.165, 1.54) is 0 Å². The van der Waals surface area contributed by atoms with Gasteiger partial charge in [0.25, 0.3) is 0 Å². The van der Waals surface area contributed by atoms with Gasteiger partial charge in [0.1, 0.15) is 7.05 Å². The van der Waals surface area contributed by atoms with Crippen LogP contribution in [0.2, 0.25) is 0 Å². The molecule has 0 bridgehead atoms. The summed E-state index contributed by atoms with van der Waals surface area (Å²) in [5.74, 6) is -11.1. The topological polar surface area (TPSA) is 37.1 Å². The zero-order valence-corrected chi connectivity index (χ0v) is 8.47. The largest absolute Gasteiger partial charge is 0.421 e. The van der Waals surface area contributed by atoms with E-state index in [4.69, 9.17) is 0 Å². The maximum atomic E-state index is 13.6. The summed E-state index contributed by atoms with van der Waals surface area (Å²) in [6.07, 6.45) is -3.07. The predicted molar refractivity (Wildman–Crippen MR) is 42.6 cm³/mol. The summed E-state index contributed by atoms with van der Waals surface area (Å²) in [7, 11) is 0.574. The molecule has 1 unspecified atom stereocenters. The molecule has 1 saturated heterocycles. The van der Waals surface area contributed by atoms with E-state index in [2.05, 4.69) is 15.5 Å². The number of hydrogen-bond acceptors (Lipinski definition) is 3. The number of rotatable bonds is 0. The van der Waals surface area contributed by atoms with E-state index >= 15 is 0 Å². The van der Waals surface area contributed by atoms with Gasteiger partial charge in [0.2, 0.25) is 0 Å². The quantitative estimate of drug-likeness (QED) is 0.365. The Bertz CT molecular complexity index is 417. The number of fused-ring (bicyclic) bond motifs is 1. The van der Waals surface area contributed by atoms with Crippen molar-refractivity contribution in [3.63, 3.8) is 0 Å². The lowest BCUT2D eigenvalue weighted by Gasteiger charge is -2.30. The summed E-state index contributed by atoms with van der Waals surface area (Å²) in [6, 6.07) is -3.90. The first kappa shape index (κ1) is 12.3. The highest BCUT2D eigenvalue weighted by Crippen LogP contribution is 2.51. The number of quaternary nitrogens is 1. The lowest BCUT2D eigenvalue weighted by atomic mass is 10.1. The second kappa shape index (κ2) is 2.98. The summed E-state index contributed by atoms with van der Waals surface area (Å²) in [4.78, 5) is 0. The summed E-state index contributed by atoms with van der Waals surface area (Å²) >= 11 is 0. The van der Waals surface area contributed by atoms with Crippen LogP contribution in [0.4, 0.5) is 26.3 Å². The van der Waals surface area contributed by atoms with Crippen LogP contribution < -0.4 is 0 Å². The smallest absolute Gasteiger partial charge is 0.199 e. The van der Waals surface area contributed by atoms with Crippen LogP contribution in [0.5, 0.6) is 0 Å². The fourth-order valence-corrected chi connectivity index (χ4v) is 1.67. The van der Waals surface area contributed by atoms with Gasteiger partial charge in [-0.05, 0) is 0 Å². The molecule has 2 heterocycles. The number of halogens is 6. The molecular formula is C7H7F6N4+. The summed E-state index contributed by atoms with van der Waals surface area (Å²) in [5.41, 5.74) is 0. The lowest BCUT2D eigenvalue weighted by molar-refractivity contribution is -0.927. The van der Waals surface area contributed by atoms with Gasteiger partial charge in [-0.15, -0.1) is 8.78 Å². The maximum Gasteiger partial charge on any atom is 0.421 e. The second-order valence-corrected chi connectivity index (χ2v) is 4.01. The second-order valence-electron chi connectivity index (χ2n) is 4.01. The molecular weight excluding hydrogens is 254 g/mol. The highest BCUT2D eigenvalue weighted by atomic mass is 19.3. The predicted octanol–water partition coefficient (Wildman–Crippen LogP) is 2.78. The molecule has 2 rings (SSSR count). The van der Waals surface area contributed by atoms with Crippen LogP contribution in [-0.2, 0) is 0 Å². The molecule has 10 heteroatoms. The standard InChI is InChI=1S/C7H7F6N4/c1-17-4(14-15-16-17)7(12,13)5(8,9)2-3-6(17,10)11/h2-3H2,1H3/q+1. The van der Waals surface area contributed by atoms with Crippen molar-refractivity contribution in [2.75, 3.05) is 7.05 Å². The normalized spacial score (nSPS) is 37.2. The first-order valence-corrected chi connectivity index (χ1v) is 4.56. The fraction of sp³-hybridized carbons (Fsp3) is 0.857. The molecule has 0 aromatic heterocycles. The van der Waals surface area contributed by atoms with Crippen LogP contribution in [0.25, 0.3) is 0 Å². The summed E-state index contributed by atoms with van der Waals surface area (Å²) in [5, 5.41) is 8.22. The molecule has 2 aliphatic heterocycles. The van der Waals surface area contributed by atoms with Gasteiger partial charge in [-0.3, -0.25) is 0 Å². The SMILES string of the molecule is C[N+]12N=NN=C1C(F)(F)C(F)(F)CCC2(F)F. The molecule has 4 nitrogen and oxygen atoms in total. The molecule has 0 spiro atoms. The van der Waals surface area contributed by atoms with E-state index in [0.717, 1.165) is 0 Å². The molecule has 17 heavy (non-hydrogen) atoms. The molecule has 0 amide bonds. The molecule has 0 aliphatic carbocycles. The Morgan fingerprint density at radius 1 is 1.06 bits per heavy atom. The maximum absolute atomic E-state index is 13.6. The number of alkyl halides is 6. The lowest BCUT2D eigenvalue weighted by Crippen LogP contribution is -2.61. The van der Waals surface area contributed by atoms with Crippen LogP contribution in [0.1, 0.15) is 12.8 Å². The Morgan fingerprint density at radius 2 is 1.65 bits per heavy atom. The molecule has 2 aliphatic rings. The van der Waals surface area contributed by atoms with Gasteiger partial charge >= 0.3 is 23.7 Å². The highest BCUT2D eigenvalue weighted by Gasteiger charge is 2.76. The van der Waals surface area contributed by atoms with Crippen LogP contribution in [0.15, 0.2) is 15.5 Å². The van der Waals surface area contributed by atoms with Gasteiger partial charge < -0.3 is 0 Å². The number of nitrogens with zero attached hydrogens (tertiary/aromatic N) is 4. The van der Waals surface area contributed by atoms with E-state index < -0.39 is 41.2 Å². The third-order valence-corrected chi connectivity index (χ3v) is 2.89. The molecule has 0 N–H and O–H groups in total. The third kappa shape index (κ3) is 1.33. The van der Waals surface area contributed by atoms with Crippen LogP contribution >= 0.6 is 0 Å². The minimum absolute atomic E-state index is 0.574. The van der Waals surface area contributed by atoms with Gasteiger partial charge in [0.15, 0.2) is 0 Å². The molecule has 96 valence electrons. The number of hydrogen-bond donors (Lipinski definition) is 0. The molecule has 0 radical (unpaired) electrons. The molecule has 0 aromatic rings. The zero-order chi connectivity index (χ0) is 13.1. The first-order chi connectivity index (χ1) is 7.55. The summed E-state index contributed by atoms with van der Waals surface area (Å²) in [6.45, 7) is 0. The average Bonchev–Trinajstić information content (AvgIpc) is 2.57. The Kier molecular flexibility index (Phi) is 2.15. The van der Waals surface area contributed by atoms with Crippen LogP contribution in [0.3, 0.4) is 0 Å². The van der Waals surface area contributed by atoms with Crippen molar-refractivity contribution in [1.29, 1.82) is 0 Å². The van der Waals surface area contributed by atoms with Crippen molar-refractivity contribution in [3.05, 3.63) is 0 Å². The first-order valence-electron chi connectivity index (χ1n) is 4.56. The molecule has 1 atom stereocenters. The van der Waals surface area contributed by atoms with E-state index in [0.29, 0.717) is 7.05 Å². The Labute approximate surface area is 91.2 Å². The highest BCUT2D eigenvalue weighted by molar-refractivity contribution is 5.84. The van der Waals surface area contributed by atoms with Crippen LogP contribution in [-0.4, -0.2) is 35.4 Å². The van der Waals surface area contributed by atoms with Crippen molar-refractivity contribution in [2.45, 2.75) is 30.7 Å². The van der Waals surface area contributed by atoms with Crippen molar-refractivity contribution in [2.24, 2.45) is 15.5 Å². The Morgan fingerprint density at radius 3 is 2.24 bits per heavy atom. The molecule has 1 fully saturated rings. The van der Waals surface area contributed by atoms with E-state index in [1.54, 1.807) is 0 Å². The van der Waals surface area contributed by atoms with Gasteiger partial charge in [-0.25, -0.2) is 0 Å². The van der Waals surface area contributed by atoms with E-state index in [1.807, 2.05) is 0 Å². The Hall–Kier alpha value is -1.19. The molecule has 0 saturated carbocycles. The van der Waals surface area contributed by atoms with Crippen molar-refractivity contribution >= 4 is 5.84 Å². The van der Waals surface area contributed by atoms with Gasteiger partial charge in [0, 0.05) is 11.6 Å². The van der Waals surface area contributed by atoms with Crippen molar-refractivity contribution < 1.29 is 30.9 Å². The number of amidine groups is 1. The van der Waals surface area contributed by atoms with E-state index in [9.17, 15) is 26.3 Å². The fourth-order valence-electron chi connectivity index (χ4n) is 1.67. The van der Waals surface area contributed by atoms with Crippen LogP contribution in [0, 0.1) is 0 Å². The third-order valence-electron chi connectivity index (χ3n) is 2.89. The summed E-state index contributed by atoms with van der Waals surface area (Å²) < 4.78 is 78.2. The van der Waals surface area contributed by atoms with E-state index in [-0.39, 0.29) is 0 Å². The Balaban J connectivity index is 2.61. The van der Waals surface area contributed by atoms with Gasteiger partial charge in [-0.2, -0.15) is 17.6 Å². The minimum Gasteiger partial charge on any atom is -0.199 e. The average molecular weight is 261 g/mol.